The van der Waals surface area contributed by atoms with Crippen LogP contribution in [0.5, 0.6) is 0 Å². The highest BCUT2D eigenvalue weighted by atomic mass is 16.6. The Morgan fingerprint density at radius 3 is 1.11 bits per heavy atom. The van der Waals surface area contributed by atoms with Gasteiger partial charge in [0.2, 0.25) is 0 Å². The Labute approximate surface area is 407 Å². The van der Waals surface area contributed by atoms with Crippen LogP contribution < -0.4 is 0 Å². The van der Waals surface area contributed by atoms with Gasteiger partial charge in [-0.25, -0.2) is 0 Å². The maximum atomic E-state index is 12.8. The molecule has 378 valence electrons. The summed E-state index contributed by atoms with van der Waals surface area (Å²) in [5.74, 6) is -0.943. The van der Waals surface area contributed by atoms with Crippen LogP contribution in [-0.4, -0.2) is 37.2 Å². The summed E-state index contributed by atoms with van der Waals surface area (Å²) >= 11 is 0. The van der Waals surface area contributed by atoms with Crippen LogP contribution in [0.3, 0.4) is 0 Å². The number of hydrogen-bond acceptors (Lipinski definition) is 6. The van der Waals surface area contributed by atoms with Crippen LogP contribution in [0.1, 0.15) is 258 Å². The zero-order valence-electron chi connectivity index (χ0n) is 43.2. The first-order valence-electron chi connectivity index (χ1n) is 27.6. The Kier molecular flexibility index (Phi) is 51.4. The van der Waals surface area contributed by atoms with Gasteiger partial charge in [0, 0.05) is 19.3 Å². The summed E-state index contributed by atoms with van der Waals surface area (Å²) in [5, 5.41) is 0. The van der Waals surface area contributed by atoms with E-state index >= 15 is 0 Å². The molecule has 0 aliphatic rings. The van der Waals surface area contributed by atoms with Crippen molar-refractivity contribution in [3.8, 4) is 0 Å². The second kappa shape index (κ2) is 54.2. The minimum atomic E-state index is -0.801. The third-order valence-electron chi connectivity index (χ3n) is 11.7. The Hall–Kier alpha value is -3.41. The fourth-order valence-electron chi connectivity index (χ4n) is 7.61. The lowest BCUT2D eigenvalue weighted by Crippen LogP contribution is -2.30. The van der Waals surface area contributed by atoms with Crippen LogP contribution in [0.4, 0.5) is 0 Å². The van der Waals surface area contributed by atoms with Gasteiger partial charge in [0.15, 0.2) is 6.10 Å². The third-order valence-corrected chi connectivity index (χ3v) is 11.7. The number of carbonyl (C=O) groups is 3. The summed E-state index contributed by atoms with van der Waals surface area (Å²) in [6.07, 6.45) is 70.0. The van der Waals surface area contributed by atoms with Crippen molar-refractivity contribution in [2.45, 2.75) is 264 Å². The van der Waals surface area contributed by atoms with E-state index in [2.05, 4.69) is 106 Å². The van der Waals surface area contributed by atoms with Crippen molar-refractivity contribution >= 4 is 17.9 Å². The van der Waals surface area contributed by atoms with Crippen molar-refractivity contribution in [3.63, 3.8) is 0 Å². The lowest BCUT2D eigenvalue weighted by atomic mass is 10.0. The Balaban J connectivity index is 4.41. The van der Waals surface area contributed by atoms with E-state index in [4.69, 9.17) is 14.2 Å². The molecule has 0 aromatic carbocycles. The molecule has 0 N–H and O–H groups in total. The summed E-state index contributed by atoms with van der Waals surface area (Å²) in [7, 11) is 0. The van der Waals surface area contributed by atoms with Crippen molar-refractivity contribution in [2.24, 2.45) is 0 Å². The number of esters is 3. The largest absolute Gasteiger partial charge is 0.462 e. The van der Waals surface area contributed by atoms with E-state index in [1.807, 2.05) is 0 Å². The van der Waals surface area contributed by atoms with Gasteiger partial charge in [0.1, 0.15) is 13.2 Å². The molecule has 6 heteroatoms. The highest BCUT2D eigenvalue weighted by molar-refractivity contribution is 5.71. The van der Waals surface area contributed by atoms with Gasteiger partial charge >= 0.3 is 17.9 Å². The second-order valence-electron chi connectivity index (χ2n) is 18.1. The number of rotatable bonds is 49. The van der Waals surface area contributed by atoms with Gasteiger partial charge in [0.05, 0.1) is 0 Å². The Morgan fingerprint density at radius 1 is 0.333 bits per heavy atom. The standard InChI is InChI=1S/C60H102O6/c1-4-7-10-13-16-19-22-25-27-29-30-31-33-35-38-41-44-47-50-53-59(62)65-56-57(55-64-58(61)52-49-46-43-40-37-34-24-21-18-15-12-9-6-3)66-60(63)54-51-48-45-42-39-36-32-28-26-23-20-17-14-11-8-5-2/h8-9,11-12,15,17-18,20-21,24,26,28,36,39,57H,4-7,10,13-14,16,19,22-23,25,27,29-35,37-38,40-56H2,1-3H3/b11-8-,12-9-,18-15-,20-17-,24-21-,28-26-,39-36-. The molecule has 0 fully saturated rings. The predicted molar refractivity (Wildman–Crippen MR) is 284 cm³/mol. The van der Waals surface area contributed by atoms with Crippen molar-refractivity contribution in [1.29, 1.82) is 0 Å². The van der Waals surface area contributed by atoms with E-state index in [9.17, 15) is 14.4 Å². The molecule has 1 unspecified atom stereocenters. The zero-order valence-corrected chi connectivity index (χ0v) is 43.2. The fourth-order valence-corrected chi connectivity index (χ4v) is 7.61. The van der Waals surface area contributed by atoms with Gasteiger partial charge in [-0.2, -0.15) is 0 Å². The summed E-state index contributed by atoms with van der Waals surface area (Å²) < 4.78 is 16.8. The van der Waals surface area contributed by atoms with E-state index in [1.54, 1.807) is 0 Å². The SMILES string of the molecule is CC\C=C/C=C\C=C/CCCCCCCC(=O)OCC(COC(=O)CCCCCCCCCCCCCCCCCCCCC)OC(=O)CCCCC/C=C\C/C=C\C/C=C\C/C=C\CC. The van der Waals surface area contributed by atoms with Crippen molar-refractivity contribution in [3.05, 3.63) is 85.1 Å². The Bertz CT molecular complexity index is 1290. The minimum Gasteiger partial charge on any atom is -0.462 e. The first-order valence-corrected chi connectivity index (χ1v) is 27.6. The van der Waals surface area contributed by atoms with E-state index in [0.717, 1.165) is 116 Å². The van der Waals surface area contributed by atoms with E-state index in [1.165, 1.54) is 103 Å². The van der Waals surface area contributed by atoms with Crippen molar-refractivity contribution in [1.82, 2.24) is 0 Å². The van der Waals surface area contributed by atoms with E-state index in [-0.39, 0.29) is 37.5 Å². The summed E-state index contributed by atoms with van der Waals surface area (Å²) in [4.78, 5) is 38.1. The van der Waals surface area contributed by atoms with Crippen molar-refractivity contribution in [2.75, 3.05) is 13.2 Å². The zero-order chi connectivity index (χ0) is 47.9. The molecule has 0 bridgehead atoms. The maximum Gasteiger partial charge on any atom is 0.306 e. The van der Waals surface area contributed by atoms with Gasteiger partial charge in [-0.05, 0) is 77.0 Å². The molecule has 0 amide bonds. The third kappa shape index (κ3) is 51.6. The van der Waals surface area contributed by atoms with Crippen molar-refractivity contribution < 1.29 is 28.6 Å². The molecule has 0 aromatic rings. The molecule has 0 aliphatic carbocycles. The second-order valence-corrected chi connectivity index (χ2v) is 18.1. The Morgan fingerprint density at radius 2 is 0.667 bits per heavy atom. The van der Waals surface area contributed by atoms with Gasteiger partial charge in [-0.3, -0.25) is 14.4 Å². The van der Waals surface area contributed by atoms with Crippen LogP contribution in [0, 0.1) is 0 Å². The highest BCUT2D eigenvalue weighted by Crippen LogP contribution is 2.16. The molecule has 0 aliphatic heterocycles. The summed E-state index contributed by atoms with van der Waals surface area (Å²) in [6, 6.07) is 0. The molecular formula is C60H102O6. The van der Waals surface area contributed by atoms with Gasteiger partial charge in [0.25, 0.3) is 0 Å². The van der Waals surface area contributed by atoms with Crippen LogP contribution in [0.2, 0.25) is 0 Å². The lowest BCUT2D eigenvalue weighted by molar-refractivity contribution is -0.167. The average molecular weight is 919 g/mol. The normalized spacial score (nSPS) is 12.7. The molecule has 0 spiro atoms. The molecule has 0 aromatic heterocycles. The van der Waals surface area contributed by atoms with Crippen LogP contribution in [-0.2, 0) is 28.6 Å². The monoisotopic (exact) mass is 919 g/mol. The molecular weight excluding hydrogens is 817 g/mol. The summed E-state index contributed by atoms with van der Waals surface area (Å²) in [5.41, 5.74) is 0. The minimum absolute atomic E-state index is 0.0948. The predicted octanol–water partition coefficient (Wildman–Crippen LogP) is 18.4. The molecule has 0 heterocycles. The smallest absolute Gasteiger partial charge is 0.306 e. The quantitative estimate of drug-likeness (QED) is 0.0199. The summed E-state index contributed by atoms with van der Waals surface area (Å²) in [6.45, 7) is 6.36. The van der Waals surface area contributed by atoms with E-state index < -0.39 is 6.10 Å². The number of unbranched alkanes of at least 4 members (excludes halogenated alkanes) is 26. The topological polar surface area (TPSA) is 78.9 Å². The molecule has 66 heavy (non-hydrogen) atoms. The molecule has 0 radical (unpaired) electrons. The van der Waals surface area contributed by atoms with Gasteiger partial charge in [-0.15, -0.1) is 0 Å². The first-order chi connectivity index (χ1) is 32.5. The molecule has 0 saturated carbocycles. The molecule has 0 saturated heterocycles. The average Bonchev–Trinajstić information content (AvgIpc) is 3.31. The highest BCUT2D eigenvalue weighted by Gasteiger charge is 2.19. The maximum absolute atomic E-state index is 12.8. The number of hydrogen-bond donors (Lipinski definition) is 0. The molecule has 1 atom stereocenters. The first kappa shape index (κ1) is 62.6. The molecule has 0 rings (SSSR count). The van der Waals surface area contributed by atoms with E-state index in [0.29, 0.717) is 12.8 Å². The number of ether oxygens (including phenoxy) is 3. The number of carbonyl (C=O) groups excluding carboxylic acids is 3. The molecule has 6 nitrogen and oxygen atoms in total. The van der Waals surface area contributed by atoms with Crippen LogP contribution in [0.25, 0.3) is 0 Å². The van der Waals surface area contributed by atoms with Crippen LogP contribution >= 0.6 is 0 Å². The van der Waals surface area contributed by atoms with Gasteiger partial charge in [-0.1, -0.05) is 247 Å². The number of allylic oxidation sites excluding steroid dienone is 14. The van der Waals surface area contributed by atoms with Gasteiger partial charge < -0.3 is 14.2 Å². The lowest BCUT2D eigenvalue weighted by Gasteiger charge is -2.18. The fraction of sp³-hybridized carbons (Fsp3) is 0.717. The van der Waals surface area contributed by atoms with Crippen LogP contribution in [0.15, 0.2) is 85.1 Å².